The van der Waals surface area contributed by atoms with Crippen molar-refractivity contribution in [1.82, 2.24) is 9.88 Å². The Bertz CT molecular complexity index is 544. The first kappa shape index (κ1) is 15.4. The molecule has 2 heterocycles. The van der Waals surface area contributed by atoms with Crippen LogP contribution in [0, 0.1) is 13.8 Å². The lowest BCUT2D eigenvalue weighted by molar-refractivity contribution is -0.145. The average Bonchev–Trinajstić information content (AvgIpc) is 2.47. The van der Waals surface area contributed by atoms with E-state index in [0.717, 1.165) is 11.4 Å². The largest absolute Gasteiger partial charge is 0.469 e. The van der Waals surface area contributed by atoms with Gasteiger partial charge in [-0.1, -0.05) is 0 Å². The zero-order valence-electron chi connectivity index (χ0n) is 12.6. The normalized spacial score (nSPS) is 18.4. The molecule has 0 radical (unpaired) electrons. The van der Waals surface area contributed by atoms with E-state index in [-0.39, 0.29) is 24.4 Å². The van der Waals surface area contributed by atoms with Crippen molar-refractivity contribution < 1.29 is 19.1 Å². The number of carbonyl (C=O) groups is 2. The maximum absolute atomic E-state index is 12.5. The van der Waals surface area contributed by atoms with Gasteiger partial charge < -0.3 is 14.4 Å². The van der Waals surface area contributed by atoms with Crippen LogP contribution in [0.15, 0.2) is 12.1 Å². The van der Waals surface area contributed by atoms with Crippen molar-refractivity contribution in [3.05, 3.63) is 29.1 Å². The summed E-state index contributed by atoms with van der Waals surface area (Å²) >= 11 is 0. The molecular formula is C15H20N2O4. The van der Waals surface area contributed by atoms with Crippen molar-refractivity contribution in [2.24, 2.45) is 0 Å². The molecule has 0 aliphatic carbocycles. The number of aromatic nitrogens is 1. The SMILES string of the molecule is COC(=O)CC1CN(C(=O)c2ccc(C)nc2C)CCO1. The summed E-state index contributed by atoms with van der Waals surface area (Å²) in [7, 11) is 1.34. The van der Waals surface area contributed by atoms with Gasteiger partial charge in [0.1, 0.15) is 0 Å². The number of esters is 1. The van der Waals surface area contributed by atoms with E-state index in [0.29, 0.717) is 25.3 Å². The third kappa shape index (κ3) is 3.78. The molecular weight excluding hydrogens is 272 g/mol. The van der Waals surface area contributed by atoms with Crippen molar-refractivity contribution >= 4 is 11.9 Å². The second-order valence-corrected chi connectivity index (χ2v) is 5.11. The molecule has 114 valence electrons. The maximum atomic E-state index is 12.5. The fourth-order valence-electron chi connectivity index (χ4n) is 2.38. The first-order valence-corrected chi connectivity index (χ1v) is 6.93. The van der Waals surface area contributed by atoms with Crippen LogP contribution in [0.2, 0.25) is 0 Å². The predicted molar refractivity (Wildman–Crippen MR) is 76.0 cm³/mol. The lowest BCUT2D eigenvalue weighted by Crippen LogP contribution is -2.46. The number of morpholine rings is 1. The van der Waals surface area contributed by atoms with Crippen LogP contribution in [0.5, 0.6) is 0 Å². The highest BCUT2D eigenvalue weighted by atomic mass is 16.5. The molecule has 0 spiro atoms. The molecule has 1 unspecified atom stereocenters. The molecule has 1 saturated heterocycles. The topological polar surface area (TPSA) is 68.7 Å². The molecule has 0 saturated carbocycles. The van der Waals surface area contributed by atoms with Crippen LogP contribution < -0.4 is 0 Å². The molecule has 21 heavy (non-hydrogen) atoms. The minimum Gasteiger partial charge on any atom is -0.469 e. The number of ether oxygens (including phenoxy) is 2. The van der Waals surface area contributed by atoms with Gasteiger partial charge in [-0.25, -0.2) is 0 Å². The number of hydrogen-bond donors (Lipinski definition) is 0. The Morgan fingerprint density at radius 1 is 1.43 bits per heavy atom. The van der Waals surface area contributed by atoms with Gasteiger partial charge in [-0.2, -0.15) is 0 Å². The Balaban J connectivity index is 2.06. The van der Waals surface area contributed by atoms with Gasteiger partial charge in [0.05, 0.1) is 37.5 Å². The van der Waals surface area contributed by atoms with Crippen molar-refractivity contribution in [2.45, 2.75) is 26.4 Å². The fraction of sp³-hybridized carbons (Fsp3) is 0.533. The van der Waals surface area contributed by atoms with Gasteiger partial charge in [0.2, 0.25) is 0 Å². The van der Waals surface area contributed by atoms with E-state index < -0.39 is 0 Å². The first-order chi connectivity index (χ1) is 10.0. The summed E-state index contributed by atoms with van der Waals surface area (Å²) < 4.78 is 10.1. The van der Waals surface area contributed by atoms with E-state index in [1.54, 1.807) is 11.0 Å². The van der Waals surface area contributed by atoms with Gasteiger partial charge in [0, 0.05) is 18.8 Å². The van der Waals surface area contributed by atoms with Crippen LogP contribution in [0.1, 0.15) is 28.2 Å². The minimum atomic E-state index is -0.331. The van der Waals surface area contributed by atoms with Crippen LogP contribution in [-0.2, 0) is 14.3 Å². The Kier molecular flexibility index (Phi) is 4.90. The monoisotopic (exact) mass is 292 g/mol. The molecule has 0 aromatic carbocycles. The summed E-state index contributed by atoms with van der Waals surface area (Å²) in [5.74, 6) is -0.402. The van der Waals surface area contributed by atoms with E-state index in [1.165, 1.54) is 7.11 Å². The van der Waals surface area contributed by atoms with Gasteiger partial charge in [-0.05, 0) is 26.0 Å². The number of methoxy groups -OCH3 is 1. The number of nitrogens with zero attached hydrogens (tertiary/aromatic N) is 2. The quantitative estimate of drug-likeness (QED) is 0.780. The molecule has 1 aromatic heterocycles. The molecule has 1 amide bonds. The molecule has 1 aromatic rings. The molecule has 2 rings (SSSR count). The van der Waals surface area contributed by atoms with Gasteiger partial charge >= 0.3 is 5.97 Å². The second-order valence-electron chi connectivity index (χ2n) is 5.11. The number of carbonyl (C=O) groups excluding carboxylic acids is 2. The molecule has 0 bridgehead atoms. The molecule has 1 atom stereocenters. The molecule has 6 heteroatoms. The zero-order valence-corrected chi connectivity index (χ0v) is 12.6. The van der Waals surface area contributed by atoms with Crippen LogP contribution in [0.3, 0.4) is 0 Å². The Labute approximate surface area is 124 Å². The standard InChI is InChI=1S/C15H20N2O4/c1-10-4-5-13(11(2)16-10)15(19)17-6-7-21-12(9-17)8-14(18)20-3/h4-5,12H,6-9H2,1-3H3. The van der Waals surface area contributed by atoms with Crippen LogP contribution in [0.25, 0.3) is 0 Å². The van der Waals surface area contributed by atoms with Crippen molar-refractivity contribution in [3.8, 4) is 0 Å². The predicted octanol–water partition coefficient (Wildman–Crippen LogP) is 1.10. The van der Waals surface area contributed by atoms with Gasteiger partial charge in [0.25, 0.3) is 5.91 Å². The first-order valence-electron chi connectivity index (χ1n) is 6.93. The third-order valence-corrected chi connectivity index (χ3v) is 3.50. The van der Waals surface area contributed by atoms with Crippen LogP contribution in [-0.4, -0.2) is 54.7 Å². The van der Waals surface area contributed by atoms with Crippen molar-refractivity contribution in [3.63, 3.8) is 0 Å². The maximum Gasteiger partial charge on any atom is 0.308 e. The van der Waals surface area contributed by atoms with Crippen molar-refractivity contribution in [1.29, 1.82) is 0 Å². The molecule has 1 fully saturated rings. The lowest BCUT2D eigenvalue weighted by atomic mass is 10.1. The van der Waals surface area contributed by atoms with E-state index >= 15 is 0 Å². The third-order valence-electron chi connectivity index (χ3n) is 3.50. The van der Waals surface area contributed by atoms with E-state index in [4.69, 9.17) is 4.74 Å². The number of pyridine rings is 1. The highest BCUT2D eigenvalue weighted by Crippen LogP contribution is 2.15. The second kappa shape index (κ2) is 6.67. The van der Waals surface area contributed by atoms with Gasteiger partial charge in [-0.3, -0.25) is 14.6 Å². The highest BCUT2D eigenvalue weighted by molar-refractivity contribution is 5.95. The molecule has 6 nitrogen and oxygen atoms in total. The van der Waals surface area contributed by atoms with Gasteiger partial charge in [-0.15, -0.1) is 0 Å². The Morgan fingerprint density at radius 3 is 2.86 bits per heavy atom. The number of rotatable bonds is 3. The Hall–Kier alpha value is -1.95. The molecule has 1 aliphatic heterocycles. The minimum absolute atomic E-state index is 0.0711. The lowest BCUT2D eigenvalue weighted by Gasteiger charge is -2.32. The smallest absolute Gasteiger partial charge is 0.308 e. The Morgan fingerprint density at radius 2 is 2.19 bits per heavy atom. The summed E-state index contributed by atoms with van der Waals surface area (Å²) in [4.78, 5) is 29.9. The average molecular weight is 292 g/mol. The summed E-state index contributed by atoms with van der Waals surface area (Å²) in [6.45, 7) is 5.05. The van der Waals surface area contributed by atoms with E-state index in [2.05, 4.69) is 9.72 Å². The number of amides is 1. The van der Waals surface area contributed by atoms with Crippen molar-refractivity contribution in [2.75, 3.05) is 26.8 Å². The number of hydrogen-bond acceptors (Lipinski definition) is 5. The summed E-state index contributed by atoms with van der Waals surface area (Å²) in [6, 6.07) is 3.62. The zero-order chi connectivity index (χ0) is 15.4. The summed E-state index contributed by atoms with van der Waals surface area (Å²) in [5, 5.41) is 0. The van der Waals surface area contributed by atoms with E-state index in [9.17, 15) is 9.59 Å². The molecule has 0 N–H and O–H groups in total. The molecule has 1 aliphatic rings. The fourth-order valence-corrected chi connectivity index (χ4v) is 2.38. The van der Waals surface area contributed by atoms with Crippen LogP contribution >= 0.6 is 0 Å². The van der Waals surface area contributed by atoms with Gasteiger partial charge in [0.15, 0.2) is 0 Å². The van der Waals surface area contributed by atoms with E-state index in [1.807, 2.05) is 19.9 Å². The van der Waals surface area contributed by atoms with Crippen LogP contribution in [0.4, 0.5) is 0 Å². The number of aryl methyl sites for hydroxylation is 2. The summed E-state index contributed by atoms with van der Waals surface area (Å²) in [5.41, 5.74) is 2.20. The summed E-state index contributed by atoms with van der Waals surface area (Å²) in [6.07, 6.45) is -0.153. The highest BCUT2D eigenvalue weighted by Gasteiger charge is 2.27.